The lowest BCUT2D eigenvalue weighted by molar-refractivity contribution is 0.610. The molecule has 0 aliphatic heterocycles. The number of hydrogen-bond donors (Lipinski definition) is 1. The van der Waals surface area contributed by atoms with Crippen LogP contribution in [0.5, 0.6) is 0 Å². The number of nitrogens with zero attached hydrogens (tertiary/aromatic N) is 1. The molecule has 2 nitrogen and oxygen atoms in total. The molecule has 0 spiro atoms. The molecule has 1 aromatic heterocycles. The van der Waals surface area contributed by atoms with E-state index in [0.29, 0.717) is 12.0 Å². The number of halogens is 1. The van der Waals surface area contributed by atoms with Gasteiger partial charge in [-0.05, 0) is 24.1 Å². The van der Waals surface area contributed by atoms with Crippen molar-refractivity contribution in [3.63, 3.8) is 0 Å². The van der Waals surface area contributed by atoms with Crippen LogP contribution in [0, 0.1) is 12.7 Å². The predicted molar refractivity (Wildman–Crippen MR) is 63.9 cm³/mol. The van der Waals surface area contributed by atoms with Crippen molar-refractivity contribution in [1.82, 2.24) is 4.98 Å². The maximum Gasteiger partial charge on any atom is 0.126 e. The van der Waals surface area contributed by atoms with Crippen molar-refractivity contribution in [3.8, 4) is 0 Å². The maximum absolute atomic E-state index is 13.4. The summed E-state index contributed by atoms with van der Waals surface area (Å²) in [5, 5.41) is 0. The Balaban J connectivity index is 2.14. The Labute approximate surface area is 97.9 Å². The smallest absolute Gasteiger partial charge is 0.126 e. The van der Waals surface area contributed by atoms with E-state index in [-0.39, 0.29) is 11.9 Å². The quantitative estimate of drug-likeness (QED) is 0.890. The second-order valence-electron chi connectivity index (χ2n) is 3.79. The second kappa shape index (κ2) is 4.72. The van der Waals surface area contributed by atoms with Crippen LogP contribution in [0.1, 0.15) is 22.0 Å². The molecule has 1 heterocycles. The lowest BCUT2D eigenvalue weighted by Crippen LogP contribution is -2.13. The molecule has 0 fully saturated rings. The normalized spacial score (nSPS) is 12.7. The van der Waals surface area contributed by atoms with E-state index < -0.39 is 0 Å². The molecule has 2 rings (SSSR count). The average molecular weight is 236 g/mol. The molecule has 1 aromatic carbocycles. The fourth-order valence-corrected chi connectivity index (χ4v) is 2.17. The van der Waals surface area contributed by atoms with Gasteiger partial charge < -0.3 is 5.73 Å². The molecule has 2 aromatic rings. The molecule has 0 saturated heterocycles. The van der Waals surface area contributed by atoms with Crippen molar-refractivity contribution in [2.24, 2.45) is 5.73 Å². The minimum Gasteiger partial charge on any atom is -0.324 e. The molecule has 0 aliphatic carbocycles. The van der Waals surface area contributed by atoms with Crippen molar-refractivity contribution < 1.29 is 4.39 Å². The molecule has 0 aliphatic rings. The van der Waals surface area contributed by atoms with Gasteiger partial charge in [-0.1, -0.05) is 12.1 Å². The monoisotopic (exact) mass is 236 g/mol. The van der Waals surface area contributed by atoms with Crippen molar-refractivity contribution in [2.75, 3.05) is 0 Å². The molecule has 4 heteroatoms. The van der Waals surface area contributed by atoms with Crippen molar-refractivity contribution >= 4 is 11.3 Å². The van der Waals surface area contributed by atoms with Crippen LogP contribution in [-0.4, -0.2) is 4.98 Å². The van der Waals surface area contributed by atoms with Crippen LogP contribution in [0.2, 0.25) is 0 Å². The molecule has 0 saturated carbocycles. The summed E-state index contributed by atoms with van der Waals surface area (Å²) in [6, 6.07) is 4.98. The zero-order chi connectivity index (χ0) is 11.5. The van der Waals surface area contributed by atoms with Gasteiger partial charge in [-0.25, -0.2) is 4.39 Å². The summed E-state index contributed by atoms with van der Waals surface area (Å²) in [5.74, 6) is -0.197. The van der Waals surface area contributed by atoms with E-state index >= 15 is 0 Å². The van der Waals surface area contributed by atoms with Crippen LogP contribution >= 0.6 is 11.3 Å². The lowest BCUT2D eigenvalue weighted by Gasteiger charge is -2.11. The van der Waals surface area contributed by atoms with E-state index in [0.717, 1.165) is 10.4 Å². The van der Waals surface area contributed by atoms with Gasteiger partial charge in [-0.2, -0.15) is 0 Å². The van der Waals surface area contributed by atoms with E-state index in [1.807, 2.05) is 6.07 Å². The highest BCUT2D eigenvalue weighted by Gasteiger charge is 2.09. The Morgan fingerprint density at radius 1 is 1.50 bits per heavy atom. The summed E-state index contributed by atoms with van der Waals surface area (Å²) in [4.78, 5) is 5.11. The first-order valence-corrected chi connectivity index (χ1v) is 5.94. The topological polar surface area (TPSA) is 38.9 Å². The molecule has 1 atom stereocenters. The first-order valence-electron chi connectivity index (χ1n) is 5.06. The largest absolute Gasteiger partial charge is 0.324 e. The number of rotatable bonds is 3. The average Bonchev–Trinajstić information content (AvgIpc) is 2.74. The number of benzene rings is 1. The van der Waals surface area contributed by atoms with Crippen molar-refractivity contribution in [3.05, 3.63) is 51.7 Å². The summed E-state index contributed by atoms with van der Waals surface area (Å²) in [6.07, 6.45) is 2.50. The fraction of sp³-hybridized carbons (Fsp3) is 0.250. The van der Waals surface area contributed by atoms with Gasteiger partial charge in [0.1, 0.15) is 5.82 Å². The summed E-state index contributed by atoms with van der Waals surface area (Å²) in [7, 11) is 0. The molecule has 0 amide bonds. The number of nitrogens with two attached hydrogens (primary N) is 1. The molecule has 0 bridgehead atoms. The van der Waals surface area contributed by atoms with Gasteiger partial charge in [0.05, 0.1) is 5.51 Å². The molecule has 0 radical (unpaired) electrons. The van der Waals surface area contributed by atoms with Crippen LogP contribution in [0.25, 0.3) is 0 Å². The molecule has 84 valence electrons. The Kier molecular flexibility index (Phi) is 3.31. The van der Waals surface area contributed by atoms with E-state index in [4.69, 9.17) is 5.73 Å². The van der Waals surface area contributed by atoms with Crippen LogP contribution in [0.3, 0.4) is 0 Å². The Bertz CT molecular complexity index is 468. The maximum atomic E-state index is 13.4. The zero-order valence-electron chi connectivity index (χ0n) is 8.98. The van der Waals surface area contributed by atoms with Crippen LogP contribution < -0.4 is 5.73 Å². The van der Waals surface area contributed by atoms with Crippen LogP contribution in [0.15, 0.2) is 29.9 Å². The van der Waals surface area contributed by atoms with Gasteiger partial charge in [0.2, 0.25) is 0 Å². The van der Waals surface area contributed by atoms with E-state index in [1.165, 1.54) is 6.07 Å². The van der Waals surface area contributed by atoms with E-state index in [2.05, 4.69) is 4.98 Å². The fourth-order valence-electron chi connectivity index (χ4n) is 1.52. The van der Waals surface area contributed by atoms with Gasteiger partial charge in [-0.15, -0.1) is 11.3 Å². The number of thiazole rings is 1. The second-order valence-corrected chi connectivity index (χ2v) is 4.76. The summed E-state index contributed by atoms with van der Waals surface area (Å²) >= 11 is 1.57. The van der Waals surface area contributed by atoms with E-state index in [1.54, 1.807) is 36.0 Å². The minimum atomic E-state index is -0.197. The van der Waals surface area contributed by atoms with Crippen LogP contribution in [0.4, 0.5) is 4.39 Å². The minimum absolute atomic E-state index is 0.171. The van der Waals surface area contributed by atoms with Gasteiger partial charge in [0.15, 0.2) is 0 Å². The van der Waals surface area contributed by atoms with Gasteiger partial charge in [-0.3, -0.25) is 4.98 Å². The zero-order valence-corrected chi connectivity index (χ0v) is 9.80. The third kappa shape index (κ3) is 2.46. The summed E-state index contributed by atoms with van der Waals surface area (Å²) < 4.78 is 13.4. The number of aryl methyl sites for hydroxylation is 1. The summed E-state index contributed by atoms with van der Waals surface area (Å²) in [6.45, 7) is 1.74. The van der Waals surface area contributed by atoms with Crippen LogP contribution in [-0.2, 0) is 6.42 Å². The first kappa shape index (κ1) is 11.2. The molecule has 1 unspecified atom stereocenters. The third-order valence-corrected chi connectivity index (χ3v) is 3.33. The molecule has 16 heavy (non-hydrogen) atoms. The van der Waals surface area contributed by atoms with Crippen molar-refractivity contribution in [2.45, 2.75) is 19.4 Å². The number of aromatic nitrogens is 1. The van der Waals surface area contributed by atoms with Gasteiger partial charge in [0.25, 0.3) is 0 Å². The highest BCUT2D eigenvalue weighted by molar-refractivity contribution is 7.09. The third-order valence-electron chi connectivity index (χ3n) is 2.53. The highest BCUT2D eigenvalue weighted by atomic mass is 32.1. The standard InChI is InChI=1S/C12H13FN2S/c1-8-2-3-9(4-11(8)13)12(14)5-10-6-15-7-16-10/h2-4,6-7,12H,5,14H2,1H3. The van der Waals surface area contributed by atoms with Crippen molar-refractivity contribution in [1.29, 1.82) is 0 Å². The SMILES string of the molecule is Cc1ccc(C(N)Cc2cncs2)cc1F. The van der Waals surface area contributed by atoms with E-state index in [9.17, 15) is 4.39 Å². The highest BCUT2D eigenvalue weighted by Crippen LogP contribution is 2.20. The van der Waals surface area contributed by atoms with Gasteiger partial charge in [0, 0.05) is 23.5 Å². The Hall–Kier alpha value is -1.26. The van der Waals surface area contributed by atoms with Gasteiger partial charge >= 0.3 is 0 Å². The molecule has 2 N–H and O–H groups in total. The number of hydrogen-bond acceptors (Lipinski definition) is 3. The Morgan fingerprint density at radius 3 is 2.94 bits per heavy atom. The summed E-state index contributed by atoms with van der Waals surface area (Å²) in [5.41, 5.74) is 9.27. The Morgan fingerprint density at radius 2 is 2.31 bits per heavy atom. The molecular formula is C12H13FN2S. The lowest BCUT2D eigenvalue weighted by atomic mass is 10.0. The molecular weight excluding hydrogens is 223 g/mol. The first-order chi connectivity index (χ1) is 7.66. The predicted octanol–water partition coefficient (Wildman–Crippen LogP) is 2.83.